The number of ether oxygens (including phenoxy) is 2. The Kier molecular flexibility index (Phi) is 6.87. The standard InChI is InChI=1S/C15H24N2O3/c1-4-20-14-6-5-12(9-13(14)16)15(18)17-7-8-19-10-11(2)3/h5-6,9,11H,4,7-8,10,16H2,1-3H3,(H,17,18). The molecule has 0 spiro atoms. The van der Waals surface area contributed by atoms with Crippen LogP contribution in [0.2, 0.25) is 0 Å². The van der Waals surface area contributed by atoms with E-state index in [1.807, 2.05) is 6.92 Å². The Morgan fingerprint density at radius 3 is 2.75 bits per heavy atom. The van der Waals surface area contributed by atoms with Crippen LogP contribution in [0.5, 0.6) is 5.75 Å². The molecular formula is C15H24N2O3. The second kappa shape index (κ2) is 8.43. The maximum Gasteiger partial charge on any atom is 0.251 e. The third-order valence-corrected chi connectivity index (χ3v) is 2.55. The lowest BCUT2D eigenvalue weighted by Gasteiger charge is -2.10. The lowest BCUT2D eigenvalue weighted by molar-refractivity contribution is 0.0886. The van der Waals surface area contributed by atoms with Gasteiger partial charge in [-0.15, -0.1) is 0 Å². The third-order valence-electron chi connectivity index (χ3n) is 2.55. The van der Waals surface area contributed by atoms with Crippen LogP contribution in [0.1, 0.15) is 31.1 Å². The normalized spacial score (nSPS) is 10.6. The number of carbonyl (C=O) groups excluding carboxylic acids is 1. The predicted molar refractivity (Wildman–Crippen MR) is 80.0 cm³/mol. The Hall–Kier alpha value is -1.75. The molecule has 0 radical (unpaired) electrons. The second-order valence-electron chi connectivity index (χ2n) is 4.91. The van der Waals surface area contributed by atoms with Crippen LogP contribution in [0.25, 0.3) is 0 Å². The van der Waals surface area contributed by atoms with E-state index in [0.29, 0.717) is 49.3 Å². The highest BCUT2D eigenvalue weighted by atomic mass is 16.5. The summed E-state index contributed by atoms with van der Waals surface area (Å²) in [6.07, 6.45) is 0. The smallest absolute Gasteiger partial charge is 0.251 e. The highest BCUT2D eigenvalue weighted by Crippen LogP contribution is 2.22. The van der Waals surface area contributed by atoms with Crippen LogP contribution < -0.4 is 15.8 Å². The molecule has 0 atom stereocenters. The molecule has 20 heavy (non-hydrogen) atoms. The van der Waals surface area contributed by atoms with Crippen molar-refractivity contribution in [1.82, 2.24) is 5.32 Å². The molecule has 1 aromatic rings. The van der Waals surface area contributed by atoms with Crippen LogP contribution >= 0.6 is 0 Å². The number of hydrogen-bond donors (Lipinski definition) is 2. The van der Waals surface area contributed by atoms with Crippen molar-refractivity contribution in [3.63, 3.8) is 0 Å². The van der Waals surface area contributed by atoms with Crippen LogP contribution in [0.4, 0.5) is 5.69 Å². The fourth-order valence-corrected chi connectivity index (χ4v) is 1.63. The van der Waals surface area contributed by atoms with Gasteiger partial charge in [0.2, 0.25) is 0 Å². The summed E-state index contributed by atoms with van der Waals surface area (Å²) in [5, 5.41) is 2.79. The number of benzene rings is 1. The molecule has 0 unspecified atom stereocenters. The van der Waals surface area contributed by atoms with Crippen LogP contribution in [-0.2, 0) is 4.74 Å². The summed E-state index contributed by atoms with van der Waals surface area (Å²) in [5.74, 6) is 0.939. The summed E-state index contributed by atoms with van der Waals surface area (Å²) in [6, 6.07) is 5.03. The summed E-state index contributed by atoms with van der Waals surface area (Å²) < 4.78 is 10.7. The summed E-state index contributed by atoms with van der Waals surface area (Å²) in [4.78, 5) is 11.9. The van der Waals surface area contributed by atoms with Gasteiger partial charge >= 0.3 is 0 Å². The molecule has 0 aliphatic carbocycles. The fraction of sp³-hybridized carbons (Fsp3) is 0.533. The van der Waals surface area contributed by atoms with Gasteiger partial charge in [-0.2, -0.15) is 0 Å². The molecule has 0 saturated heterocycles. The van der Waals surface area contributed by atoms with E-state index in [2.05, 4.69) is 19.2 Å². The van der Waals surface area contributed by atoms with Gasteiger partial charge in [0, 0.05) is 18.7 Å². The first-order valence-corrected chi connectivity index (χ1v) is 6.92. The number of carbonyl (C=O) groups is 1. The van der Waals surface area contributed by atoms with E-state index in [4.69, 9.17) is 15.2 Å². The zero-order valence-corrected chi connectivity index (χ0v) is 12.4. The van der Waals surface area contributed by atoms with E-state index in [9.17, 15) is 4.79 Å². The van der Waals surface area contributed by atoms with E-state index in [1.54, 1.807) is 18.2 Å². The Labute approximate surface area is 120 Å². The number of nitrogens with one attached hydrogen (secondary N) is 1. The molecule has 1 amide bonds. The second-order valence-corrected chi connectivity index (χ2v) is 4.91. The number of nitrogens with two attached hydrogens (primary N) is 1. The molecule has 3 N–H and O–H groups in total. The van der Waals surface area contributed by atoms with Crippen molar-refractivity contribution >= 4 is 11.6 Å². The molecule has 112 valence electrons. The number of hydrogen-bond acceptors (Lipinski definition) is 4. The maximum absolute atomic E-state index is 11.9. The molecule has 5 nitrogen and oxygen atoms in total. The lowest BCUT2D eigenvalue weighted by Crippen LogP contribution is -2.27. The molecule has 0 fully saturated rings. The Morgan fingerprint density at radius 2 is 2.15 bits per heavy atom. The van der Waals surface area contributed by atoms with Gasteiger partial charge in [-0.3, -0.25) is 4.79 Å². The van der Waals surface area contributed by atoms with Crippen molar-refractivity contribution in [1.29, 1.82) is 0 Å². The minimum absolute atomic E-state index is 0.159. The number of amides is 1. The molecular weight excluding hydrogens is 256 g/mol. The number of rotatable bonds is 8. The van der Waals surface area contributed by atoms with E-state index in [0.717, 1.165) is 0 Å². The Balaban J connectivity index is 2.41. The molecule has 0 heterocycles. The Morgan fingerprint density at radius 1 is 1.40 bits per heavy atom. The van der Waals surface area contributed by atoms with Gasteiger partial charge in [0.25, 0.3) is 5.91 Å². The summed E-state index contributed by atoms with van der Waals surface area (Å²) in [6.45, 7) is 8.30. The number of anilines is 1. The zero-order valence-electron chi connectivity index (χ0n) is 12.4. The SMILES string of the molecule is CCOc1ccc(C(=O)NCCOCC(C)C)cc1N. The van der Waals surface area contributed by atoms with Gasteiger partial charge in [0.05, 0.1) is 18.9 Å². The third kappa shape index (κ3) is 5.48. The van der Waals surface area contributed by atoms with Crippen LogP contribution in [0.3, 0.4) is 0 Å². The molecule has 1 aromatic carbocycles. The highest BCUT2D eigenvalue weighted by molar-refractivity contribution is 5.95. The van der Waals surface area contributed by atoms with Crippen molar-refractivity contribution < 1.29 is 14.3 Å². The predicted octanol–water partition coefficient (Wildman–Crippen LogP) is 2.07. The van der Waals surface area contributed by atoms with Gasteiger partial charge in [-0.25, -0.2) is 0 Å². The quantitative estimate of drug-likeness (QED) is 0.565. The molecule has 0 saturated carbocycles. The molecule has 0 aromatic heterocycles. The summed E-state index contributed by atoms with van der Waals surface area (Å²) in [5.41, 5.74) is 6.82. The largest absolute Gasteiger partial charge is 0.492 e. The molecule has 0 aliphatic rings. The van der Waals surface area contributed by atoms with E-state index in [1.165, 1.54) is 0 Å². The van der Waals surface area contributed by atoms with Gasteiger partial charge in [0.1, 0.15) is 5.75 Å². The summed E-state index contributed by atoms with van der Waals surface area (Å²) in [7, 11) is 0. The fourth-order valence-electron chi connectivity index (χ4n) is 1.63. The zero-order chi connectivity index (χ0) is 15.0. The first-order valence-electron chi connectivity index (χ1n) is 6.92. The average molecular weight is 280 g/mol. The summed E-state index contributed by atoms with van der Waals surface area (Å²) >= 11 is 0. The average Bonchev–Trinajstić information content (AvgIpc) is 2.40. The van der Waals surface area contributed by atoms with Crippen molar-refractivity contribution in [3.05, 3.63) is 23.8 Å². The van der Waals surface area contributed by atoms with E-state index < -0.39 is 0 Å². The van der Waals surface area contributed by atoms with Crippen LogP contribution in [0.15, 0.2) is 18.2 Å². The van der Waals surface area contributed by atoms with Crippen molar-refractivity contribution in [2.24, 2.45) is 5.92 Å². The maximum atomic E-state index is 11.9. The van der Waals surface area contributed by atoms with Gasteiger partial charge in [-0.05, 0) is 31.0 Å². The van der Waals surface area contributed by atoms with Crippen molar-refractivity contribution in [2.45, 2.75) is 20.8 Å². The minimum atomic E-state index is -0.159. The molecule has 0 bridgehead atoms. The molecule has 1 rings (SSSR count). The molecule has 0 aliphatic heterocycles. The van der Waals surface area contributed by atoms with E-state index >= 15 is 0 Å². The molecule has 5 heteroatoms. The van der Waals surface area contributed by atoms with Crippen molar-refractivity contribution in [3.8, 4) is 5.75 Å². The van der Waals surface area contributed by atoms with Crippen LogP contribution in [0, 0.1) is 5.92 Å². The lowest BCUT2D eigenvalue weighted by atomic mass is 10.2. The highest BCUT2D eigenvalue weighted by Gasteiger charge is 2.08. The number of nitrogen functional groups attached to an aromatic ring is 1. The van der Waals surface area contributed by atoms with Crippen LogP contribution in [-0.4, -0.2) is 32.3 Å². The first kappa shape index (κ1) is 16.3. The van der Waals surface area contributed by atoms with Crippen molar-refractivity contribution in [2.75, 3.05) is 32.1 Å². The van der Waals surface area contributed by atoms with Gasteiger partial charge in [0.15, 0.2) is 0 Å². The van der Waals surface area contributed by atoms with E-state index in [-0.39, 0.29) is 5.91 Å². The van der Waals surface area contributed by atoms with Gasteiger partial charge in [-0.1, -0.05) is 13.8 Å². The Bertz CT molecular complexity index is 433. The topological polar surface area (TPSA) is 73.6 Å². The monoisotopic (exact) mass is 280 g/mol. The minimum Gasteiger partial charge on any atom is -0.492 e. The van der Waals surface area contributed by atoms with Gasteiger partial charge < -0.3 is 20.5 Å². The first-order chi connectivity index (χ1) is 9.54.